The smallest absolute Gasteiger partial charge is 0.243 e. The van der Waals surface area contributed by atoms with Crippen LogP contribution in [0.2, 0.25) is 0 Å². The topological polar surface area (TPSA) is 116 Å². The van der Waals surface area contributed by atoms with Crippen molar-refractivity contribution in [3.8, 4) is 0 Å². The van der Waals surface area contributed by atoms with Gasteiger partial charge < -0.3 is 15.3 Å². The molecule has 1 fully saturated rings. The minimum absolute atomic E-state index is 0.0302. The summed E-state index contributed by atoms with van der Waals surface area (Å²) in [6.45, 7) is 0.556. The Hall–Kier alpha value is -3.53. The molecule has 1 saturated carbocycles. The van der Waals surface area contributed by atoms with Gasteiger partial charge in [-0.25, -0.2) is 13.1 Å². The molecule has 0 aliphatic heterocycles. The molecule has 0 heterocycles. The molecule has 0 bridgehead atoms. The molecule has 3 aromatic carbocycles. The number of carbonyl (C=O) groups excluding carboxylic acids is 2. The second-order valence-corrected chi connectivity index (χ2v) is 11.8. The van der Waals surface area contributed by atoms with Crippen molar-refractivity contribution < 1.29 is 23.1 Å². The summed E-state index contributed by atoms with van der Waals surface area (Å²) in [4.78, 5) is 29.0. The van der Waals surface area contributed by atoms with Crippen LogP contribution in [0.1, 0.15) is 42.4 Å². The third-order valence-electron chi connectivity index (χ3n) is 6.86. The van der Waals surface area contributed by atoms with Gasteiger partial charge in [-0.15, -0.1) is 0 Å². The van der Waals surface area contributed by atoms with Gasteiger partial charge >= 0.3 is 0 Å². The monoisotopic (exact) mass is 563 g/mol. The number of aryl methyl sites for hydroxylation is 1. The number of hydrogen-bond donors (Lipinski definition) is 3. The van der Waals surface area contributed by atoms with Crippen LogP contribution in [0.5, 0.6) is 0 Å². The van der Waals surface area contributed by atoms with E-state index in [0.29, 0.717) is 25.8 Å². The number of nitrogens with zero attached hydrogens (tertiary/aromatic N) is 1. The van der Waals surface area contributed by atoms with Crippen LogP contribution in [0.4, 0.5) is 0 Å². The van der Waals surface area contributed by atoms with Crippen LogP contribution in [-0.4, -0.2) is 55.5 Å². The highest BCUT2D eigenvalue weighted by Crippen LogP contribution is 2.23. The van der Waals surface area contributed by atoms with Crippen molar-refractivity contribution in [3.05, 3.63) is 102 Å². The van der Waals surface area contributed by atoms with Gasteiger partial charge in [0, 0.05) is 38.6 Å². The summed E-state index contributed by atoms with van der Waals surface area (Å²) in [5, 5.41) is 12.1. The normalized spacial score (nSPS) is 13.9. The van der Waals surface area contributed by atoms with Gasteiger partial charge in [-0.2, -0.15) is 0 Å². The van der Waals surface area contributed by atoms with Gasteiger partial charge in [0.1, 0.15) is 6.04 Å². The van der Waals surface area contributed by atoms with Gasteiger partial charge in [0.15, 0.2) is 0 Å². The Morgan fingerprint density at radius 3 is 2.10 bits per heavy atom. The van der Waals surface area contributed by atoms with Crippen molar-refractivity contribution >= 4 is 21.8 Å². The van der Waals surface area contributed by atoms with Crippen molar-refractivity contribution in [3.63, 3.8) is 0 Å². The Labute approximate surface area is 236 Å². The quantitative estimate of drug-likeness (QED) is 0.246. The van der Waals surface area contributed by atoms with E-state index in [1.807, 2.05) is 60.7 Å². The Bertz CT molecular complexity index is 1340. The minimum Gasteiger partial charge on any atom is -0.396 e. The molecule has 0 saturated heterocycles. The molecule has 40 heavy (non-hydrogen) atoms. The zero-order valence-corrected chi connectivity index (χ0v) is 23.4. The molecule has 3 N–H and O–H groups in total. The van der Waals surface area contributed by atoms with E-state index in [1.165, 1.54) is 0 Å². The molecule has 0 aromatic heterocycles. The number of hydrogen-bond acceptors (Lipinski definition) is 5. The summed E-state index contributed by atoms with van der Waals surface area (Å²) in [7, 11) is -3.54. The van der Waals surface area contributed by atoms with Crippen LogP contribution < -0.4 is 10.0 Å². The van der Waals surface area contributed by atoms with Gasteiger partial charge in [0.25, 0.3) is 0 Å². The molecule has 1 aliphatic rings. The average molecular weight is 564 g/mol. The van der Waals surface area contributed by atoms with Crippen molar-refractivity contribution in [2.24, 2.45) is 0 Å². The van der Waals surface area contributed by atoms with E-state index in [0.717, 1.165) is 29.5 Å². The number of aliphatic hydroxyl groups excluding tert-OH is 1. The summed E-state index contributed by atoms with van der Waals surface area (Å²) in [5.41, 5.74) is 2.69. The second-order valence-electron chi connectivity index (χ2n) is 10.1. The summed E-state index contributed by atoms with van der Waals surface area (Å²) >= 11 is 0. The molecule has 8 nitrogen and oxygen atoms in total. The van der Waals surface area contributed by atoms with E-state index >= 15 is 0 Å². The summed E-state index contributed by atoms with van der Waals surface area (Å²) in [6.07, 6.45) is 3.08. The van der Waals surface area contributed by atoms with Crippen LogP contribution in [0.15, 0.2) is 89.8 Å². The predicted molar refractivity (Wildman–Crippen MR) is 154 cm³/mol. The standard InChI is InChI=1S/C31H37N3O5S/c35-21-7-20-32-31(37)29(22-25-8-3-1-4-9-25)34(23-26-10-5-2-6-11-26)30(36)19-14-24-12-17-28(18-13-24)40(38,39)33-27-15-16-27/h1-6,8-13,17-18,27,29,33,35H,7,14-16,19-23H2,(H,32,37)/t29-/m1/s1. The molecule has 1 aliphatic carbocycles. The van der Waals surface area contributed by atoms with Crippen molar-refractivity contribution in [1.29, 1.82) is 0 Å². The van der Waals surface area contributed by atoms with Gasteiger partial charge in [-0.1, -0.05) is 72.8 Å². The van der Waals surface area contributed by atoms with Gasteiger partial charge in [-0.05, 0) is 54.5 Å². The van der Waals surface area contributed by atoms with Crippen LogP contribution in [0.25, 0.3) is 0 Å². The van der Waals surface area contributed by atoms with Crippen molar-refractivity contribution in [2.75, 3.05) is 13.2 Å². The van der Waals surface area contributed by atoms with Crippen molar-refractivity contribution in [2.45, 2.75) is 62.0 Å². The van der Waals surface area contributed by atoms with Crippen LogP contribution in [0.3, 0.4) is 0 Å². The molecule has 9 heteroatoms. The SMILES string of the molecule is O=C(NCCCO)[C@@H](Cc1ccccc1)N(Cc1ccccc1)C(=O)CCc1ccc(S(=O)(=O)NC2CC2)cc1. The lowest BCUT2D eigenvalue weighted by atomic mass is 10.0. The van der Waals surface area contributed by atoms with E-state index in [-0.39, 0.29) is 42.3 Å². The molecule has 4 rings (SSSR count). The Kier molecular flexibility index (Phi) is 10.5. The minimum atomic E-state index is -3.54. The first-order chi connectivity index (χ1) is 19.4. The fraction of sp³-hybridized carbons (Fsp3) is 0.355. The third kappa shape index (κ3) is 8.74. The average Bonchev–Trinajstić information content (AvgIpc) is 3.78. The third-order valence-corrected chi connectivity index (χ3v) is 8.40. The van der Waals surface area contributed by atoms with E-state index in [4.69, 9.17) is 0 Å². The molecular weight excluding hydrogens is 526 g/mol. The molecule has 3 aromatic rings. The number of carbonyl (C=O) groups is 2. The second kappa shape index (κ2) is 14.2. The predicted octanol–water partition coefficient (Wildman–Crippen LogP) is 3.20. The molecule has 1 atom stereocenters. The molecule has 0 unspecified atom stereocenters. The number of aliphatic hydroxyl groups is 1. The number of sulfonamides is 1. The van der Waals surface area contributed by atoms with Gasteiger partial charge in [0.05, 0.1) is 4.90 Å². The first kappa shape index (κ1) is 29.5. The summed E-state index contributed by atoms with van der Waals surface area (Å²) in [5.74, 6) is -0.437. The first-order valence-corrected chi connectivity index (χ1v) is 15.2. The lowest BCUT2D eigenvalue weighted by Crippen LogP contribution is -2.50. The zero-order chi connectivity index (χ0) is 28.4. The van der Waals surface area contributed by atoms with E-state index in [9.17, 15) is 23.1 Å². The van der Waals surface area contributed by atoms with Gasteiger partial charge in [0.2, 0.25) is 21.8 Å². The highest BCUT2D eigenvalue weighted by atomic mass is 32.2. The molecule has 0 spiro atoms. The fourth-order valence-corrected chi connectivity index (χ4v) is 5.77. The number of amides is 2. The number of benzene rings is 3. The lowest BCUT2D eigenvalue weighted by molar-refractivity contribution is -0.141. The summed E-state index contributed by atoms with van der Waals surface area (Å²) < 4.78 is 27.6. The van der Waals surface area contributed by atoms with Crippen LogP contribution in [0, 0.1) is 0 Å². The van der Waals surface area contributed by atoms with Crippen LogP contribution in [-0.2, 0) is 39.0 Å². The largest absolute Gasteiger partial charge is 0.396 e. The fourth-order valence-electron chi connectivity index (χ4n) is 4.46. The van der Waals surface area contributed by atoms with Crippen molar-refractivity contribution in [1.82, 2.24) is 14.9 Å². The maximum atomic E-state index is 13.7. The number of nitrogens with one attached hydrogen (secondary N) is 2. The molecule has 0 radical (unpaired) electrons. The van der Waals surface area contributed by atoms with E-state index < -0.39 is 16.1 Å². The maximum absolute atomic E-state index is 13.7. The Morgan fingerprint density at radius 1 is 0.875 bits per heavy atom. The molecule has 2 amide bonds. The highest BCUT2D eigenvalue weighted by Gasteiger charge is 2.30. The maximum Gasteiger partial charge on any atom is 0.243 e. The lowest BCUT2D eigenvalue weighted by Gasteiger charge is -2.31. The Balaban J connectivity index is 1.51. The van der Waals surface area contributed by atoms with Crippen LogP contribution >= 0.6 is 0 Å². The van der Waals surface area contributed by atoms with Gasteiger partial charge in [-0.3, -0.25) is 9.59 Å². The van der Waals surface area contributed by atoms with E-state index in [1.54, 1.807) is 29.2 Å². The Morgan fingerprint density at radius 2 is 1.50 bits per heavy atom. The molecule has 212 valence electrons. The summed E-state index contributed by atoms with van der Waals surface area (Å²) in [6, 6.07) is 25.1. The van der Waals surface area contributed by atoms with E-state index in [2.05, 4.69) is 10.0 Å². The molecular formula is C31H37N3O5S. The first-order valence-electron chi connectivity index (χ1n) is 13.7. The highest BCUT2D eigenvalue weighted by molar-refractivity contribution is 7.89. The number of rotatable bonds is 15. The zero-order valence-electron chi connectivity index (χ0n) is 22.5.